The van der Waals surface area contributed by atoms with Crippen LogP contribution in [0.25, 0.3) is 0 Å². The number of esters is 1. The van der Waals surface area contributed by atoms with Crippen LogP contribution in [0, 0.1) is 10.7 Å². The van der Waals surface area contributed by atoms with Crippen LogP contribution >= 0.6 is 67.8 Å². The summed E-state index contributed by atoms with van der Waals surface area (Å²) in [6.07, 6.45) is 3.92. The lowest BCUT2D eigenvalue weighted by Gasteiger charge is -2.37. The van der Waals surface area contributed by atoms with Crippen LogP contribution in [-0.4, -0.2) is 43.7 Å². The fourth-order valence-electron chi connectivity index (χ4n) is 2.64. The number of benzene rings is 1. The first-order valence-corrected chi connectivity index (χ1v) is 10.3. The molecular formula is C15H19I3NO2+. The number of halogens is 3. The summed E-state index contributed by atoms with van der Waals surface area (Å²) in [5, 5.41) is 0. The van der Waals surface area contributed by atoms with Crippen molar-refractivity contribution in [3.63, 3.8) is 0 Å². The second-order valence-electron chi connectivity index (χ2n) is 5.74. The molecule has 0 unspecified atom stereocenters. The molecule has 1 aliphatic rings. The van der Waals surface area contributed by atoms with Gasteiger partial charge in [0, 0.05) is 10.7 Å². The number of likely N-dealkylation sites (N-methyl/N-ethyl adjacent to an activating group) is 1. The van der Waals surface area contributed by atoms with Gasteiger partial charge in [0.05, 0.1) is 25.7 Å². The van der Waals surface area contributed by atoms with Gasteiger partial charge in [0.2, 0.25) is 0 Å². The molecule has 1 heterocycles. The van der Waals surface area contributed by atoms with Crippen LogP contribution in [0.2, 0.25) is 0 Å². The smallest absolute Gasteiger partial charge is 0.339 e. The lowest BCUT2D eigenvalue weighted by molar-refractivity contribution is -0.914. The zero-order valence-corrected chi connectivity index (χ0v) is 18.5. The van der Waals surface area contributed by atoms with Gasteiger partial charge >= 0.3 is 5.97 Å². The van der Waals surface area contributed by atoms with Gasteiger partial charge < -0.3 is 9.22 Å². The Bertz CT molecular complexity index is 528. The summed E-state index contributed by atoms with van der Waals surface area (Å²) in [7, 11) is 2.27. The number of hydrogen-bond acceptors (Lipinski definition) is 2. The minimum Gasteiger partial charge on any atom is -0.456 e. The van der Waals surface area contributed by atoms with Gasteiger partial charge in [-0.25, -0.2) is 4.79 Å². The molecule has 6 heteroatoms. The maximum atomic E-state index is 12.3. The van der Waals surface area contributed by atoms with Gasteiger partial charge in [-0.3, -0.25) is 0 Å². The molecule has 116 valence electrons. The molecule has 0 atom stereocenters. The van der Waals surface area contributed by atoms with Crippen molar-refractivity contribution in [2.75, 3.05) is 33.3 Å². The highest BCUT2D eigenvalue weighted by atomic mass is 127. The van der Waals surface area contributed by atoms with E-state index in [1.54, 1.807) is 0 Å². The van der Waals surface area contributed by atoms with Crippen molar-refractivity contribution in [2.45, 2.75) is 19.3 Å². The number of carbonyl (C=O) groups is 1. The van der Waals surface area contributed by atoms with Gasteiger partial charge in [-0.05, 0) is 99.2 Å². The van der Waals surface area contributed by atoms with Crippen molar-refractivity contribution < 1.29 is 14.0 Å². The number of hydrogen-bond donors (Lipinski definition) is 0. The van der Waals surface area contributed by atoms with E-state index in [9.17, 15) is 4.79 Å². The fourth-order valence-corrected chi connectivity index (χ4v) is 5.02. The van der Waals surface area contributed by atoms with Gasteiger partial charge in [-0.1, -0.05) is 0 Å². The number of quaternary nitrogens is 1. The third-order valence-electron chi connectivity index (χ3n) is 3.97. The van der Waals surface area contributed by atoms with Crippen LogP contribution in [-0.2, 0) is 4.74 Å². The van der Waals surface area contributed by atoms with Crippen molar-refractivity contribution >= 4 is 73.7 Å². The first kappa shape index (κ1) is 18.2. The van der Waals surface area contributed by atoms with Gasteiger partial charge in [-0.2, -0.15) is 0 Å². The van der Waals surface area contributed by atoms with E-state index in [4.69, 9.17) is 4.74 Å². The van der Waals surface area contributed by atoms with Gasteiger partial charge in [0.15, 0.2) is 0 Å². The zero-order chi connectivity index (χ0) is 15.5. The van der Waals surface area contributed by atoms with Crippen molar-refractivity contribution in [2.24, 2.45) is 0 Å². The van der Waals surface area contributed by atoms with Gasteiger partial charge in [-0.15, -0.1) is 0 Å². The molecule has 0 amide bonds. The van der Waals surface area contributed by atoms with E-state index < -0.39 is 0 Å². The van der Waals surface area contributed by atoms with Crippen LogP contribution in [0.1, 0.15) is 29.6 Å². The minimum atomic E-state index is -0.195. The Kier molecular flexibility index (Phi) is 7.01. The predicted octanol–water partition coefficient (Wildman–Crippen LogP) is 4.29. The van der Waals surface area contributed by atoms with Crippen LogP contribution in [0.5, 0.6) is 0 Å². The summed E-state index contributed by atoms with van der Waals surface area (Å²) in [6, 6.07) is 3.98. The molecule has 3 nitrogen and oxygen atoms in total. The van der Waals surface area contributed by atoms with Gasteiger partial charge in [0.25, 0.3) is 0 Å². The average molecular weight is 626 g/mol. The lowest BCUT2D eigenvalue weighted by Crippen LogP contribution is -2.49. The highest BCUT2D eigenvalue weighted by Crippen LogP contribution is 2.23. The molecule has 0 spiro atoms. The third kappa shape index (κ3) is 5.17. The maximum absolute atomic E-state index is 12.3. The number of nitrogens with zero attached hydrogens (tertiary/aromatic N) is 1. The van der Waals surface area contributed by atoms with E-state index in [-0.39, 0.29) is 5.97 Å². The molecule has 0 N–H and O–H groups in total. The quantitative estimate of drug-likeness (QED) is 0.216. The summed E-state index contributed by atoms with van der Waals surface area (Å²) < 4.78 is 9.71. The Morgan fingerprint density at radius 3 is 2.52 bits per heavy atom. The molecule has 1 aromatic carbocycles. The summed E-state index contributed by atoms with van der Waals surface area (Å²) in [5.74, 6) is -0.195. The maximum Gasteiger partial charge on any atom is 0.339 e. The molecule has 1 aliphatic heterocycles. The number of likely N-dealkylation sites (tertiary alicyclic amines) is 1. The molecule has 1 fully saturated rings. The monoisotopic (exact) mass is 626 g/mol. The number of rotatable bonds is 4. The van der Waals surface area contributed by atoms with E-state index in [1.165, 1.54) is 32.4 Å². The largest absolute Gasteiger partial charge is 0.456 e. The van der Waals surface area contributed by atoms with Crippen LogP contribution < -0.4 is 0 Å². The average Bonchev–Trinajstić information content (AvgIpc) is 2.43. The zero-order valence-electron chi connectivity index (χ0n) is 12.0. The molecule has 0 aromatic heterocycles. The Morgan fingerprint density at radius 2 is 1.86 bits per heavy atom. The second-order valence-corrected chi connectivity index (χ2v) is 9.22. The molecule has 1 saturated heterocycles. The van der Waals surface area contributed by atoms with Crippen molar-refractivity contribution in [1.29, 1.82) is 0 Å². The Balaban J connectivity index is 1.93. The summed E-state index contributed by atoms with van der Waals surface area (Å²) in [6.45, 7) is 3.84. The van der Waals surface area contributed by atoms with Gasteiger partial charge in [0.1, 0.15) is 13.2 Å². The number of ether oxygens (including phenoxy) is 1. The molecule has 0 radical (unpaired) electrons. The highest BCUT2D eigenvalue weighted by molar-refractivity contribution is 14.1. The minimum absolute atomic E-state index is 0.195. The summed E-state index contributed by atoms with van der Waals surface area (Å²) in [4.78, 5) is 12.3. The summed E-state index contributed by atoms with van der Waals surface area (Å²) in [5.41, 5.74) is 0.688. The first-order valence-electron chi connectivity index (χ1n) is 7.06. The molecule has 0 saturated carbocycles. The molecule has 2 rings (SSSR count). The summed E-state index contributed by atoms with van der Waals surface area (Å²) >= 11 is 6.72. The van der Waals surface area contributed by atoms with E-state index in [2.05, 4.69) is 80.9 Å². The van der Waals surface area contributed by atoms with Crippen molar-refractivity contribution in [3.8, 4) is 0 Å². The van der Waals surface area contributed by atoms with Crippen LogP contribution in [0.4, 0.5) is 0 Å². The topological polar surface area (TPSA) is 26.3 Å². The molecular weight excluding hydrogens is 607 g/mol. The standard InChI is InChI=1S/C15H19I3NO2/c1-19(5-3-2-4-6-19)7-8-21-15(20)12-9-11(16)10-13(17)14(12)18/h9-10H,2-8H2,1H3/q+1. The Labute approximate surface area is 167 Å². The molecule has 0 bridgehead atoms. The second kappa shape index (κ2) is 8.09. The van der Waals surface area contributed by atoms with E-state index in [0.717, 1.165) is 21.7 Å². The van der Waals surface area contributed by atoms with Crippen molar-refractivity contribution in [1.82, 2.24) is 0 Å². The van der Waals surface area contributed by atoms with E-state index in [0.29, 0.717) is 12.2 Å². The van der Waals surface area contributed by atoms with Crippen LogP contribution in [0.3, 0.4) is 0 Å². The van der Waals surface area contributed by atoms with E-state index in [1.807, 2.05) is 6.07 Å². The normalized spacial score (nSPS) is 17.5. The highest BCUT2D eigenvalue weighted by Gasteiger charge is 2.25. The Morgan fingerprint density at radius 1 is 1.19 bits per heavy atom. The van der Waals surface area contributed by atoms with Crippen molar-refractivity contribution in [3.05, 3.63) is 28.4 Å². The Hall–Kier alpha value is 0.840. The molecule has 1 aromatic rings. The van der Waals surface area contributed by atoms with E-state index >= 15 is 0 Å². The number of carbonyl (C=O) groups excluding carboxylic acids is 1. The SMILES string of the molecule is C[N+]1(CCOC(=O)c2cc(I)cc(I)c2I)CCCCC1. The third-order valence-corrected chi connectivity index (χ3v) is 7.64. The van der Waals surface area contributed by atoms with Crippen LogP contribution in [0.15, 0.2) is 12.1 Å². The molecule has 0 aliphatic carbocycles. The fraction of sp³-hybridized carbons (Fsp3) is 0.533. The predicted molar refractivity (Wildman–Crippen MR) is 110 cm³/mol. The molecule has 21 heavy (non-hydrogen) atoms. The number of piperidine rings is 1. The first-order chi connectivity index (χ1) is 9.91. The lowest BCUT2D eigenvalue weighted by atomic mass is 10.1.